The summed E-state index contributed by atoms with van der Waals surface area (Å²) in [6, 6.07) is 21.3. The van der Waals surface area contributed by atoms with Crippen molar-refractivity contribution >= 4 is 45.6 Å². The van der Waals surface area contributed by atoms with E-state index in [1.165, 1.54) is 18.2 Å². The van der Waals surface area contributed by atoms with E-state index in [0.29, 0.717) is 10.6 Å². The van der Waals surface area contributed by atoms with Gasteiger partial charge in [0.2, 0.25) is 0 Å². The summed E-state index contributed by atoms with van der Waals surface area (Å²) in [5, 5.41) is 11.4. The number of nitrogens with one attached hydrogen (secondary N) is 1. The van der Waals surface area contributed by atoms with Gasteiger partial charge in [-0.15, -0.1) is 12.4 Å². The molecule has 6 nitrogen and oxygen atoms in total. The largest absolute Gasteiger partial charge is 0.284 e. The van der Waals surface area contributed by atoms with E-state index in [2.05, 4.69) is 4.72 Å². The Morgan fingerprint density at radius 2 is 1.44 bits per heavy atom. The number of rotatable bonds is 6. The monoisotopic (exact) mass is 422 g/mol. The first kappa shape index (κ1) is 20.8. The van der Waals surface area contributed by atoms with Crippen LogP contribution in [-0.2, 0) is 10.0 Å². The minimum absolute atomic E-state index is 0. The topological polar surface area (TPSA) is 89.3 Å². The first-order valence-electron chi connectivity index (χ1n) is 7.55. The molecule has 3 aromatic rings. The summed E-state index contributed by atoms with van der Waals surface area (Å²) in [6.07, 6.45) is 0. The molecule has 0 fully saturated rings. The van der Waals surface area contributed by atoms with E-state index in [0.717, 1.165) is 11.8 Å². The average molecular weight is 423 g/mol. The van der Waals surface area contributed by atoms with Crippen LogP contribution in [-0.4, -0.2) is 13.3 Å². The van der Waals surface area contributed by atoms with Crippen molar-refractivity contribution in [3.63, 3.8) is 0 Å². The molecule has 0 aliphatic heterocycles. The van der Waals surface area contributed by atoms with Crippen molar-refractivity contribution in [3.05, 3.63) is 89.0 Å². The van der Waals surface area contributed by atoms with Crippen molar-refractivity contribution in [2.45, 2.75) is 14.7 Å². The lowest BCUT2D eigenvalue weighted by Gasteiger charge is -2.12. The maximum absolute atomic E-state index is 12.8. The maximum atomic E-state index is 12.8. The van der Waals surface area contributed by atoms with Crippen molar-refractivity contribution in [2.75, 3.05) is 4.72 Å². The molecular formula is C18H15ClN2O4S2. The van der Waals surface area contributed by atoms with Gasteiger partial charge in [0, 0.05) is 16.6 Å². The number of para-hydroxylation sites is 1. The van der Waals surface area contributed by atoms with Crippen LogP contribution >= 0.6 is 24.2 Å². The van der Waals surface area contributed by atoms with Crippen LogP contribution in [0.4, 0.5) is 11.4 Å². The van der Waals surface area contributed by atoms with E-state index < -0.39 is 14.9 Å². The van der Waals surface area contributed by atoms with Gasteiger partial charge < -0.3 is 0 Å². The number of benzene rings is 3. The fourth-order valence-electron chi connectivity index (χ4n) is 2.28. The molecule has 0 aromatic heterocycles. The van der Waals surface area contributed by atoms with Gasteiger partial charge in [0.25, 0.3) is 15.7 Å². The van der Waals surface area contributed by atoms with E-state index in [-0.39, 0.29) is 27.9 Å². The smallest absolute Gasteiger partial charge is 0.280 e. The van der Waals surface area contributed by atoms with Crippen molar-refractivity contribution in [1.29, 1.82) is 0 Å². The van der Waals surface area contributed by atoms with Gasteiger partial charge in [0.05, 0.1) is 4.92 Å². The van der Waals surface area contributed by atoms with E-state index in [9.17, 15) is 18.5 Å². The van der Waals surface area contributed by atoms with Crippen molar-refractivity contribution in [1.82, 2.24) is 0 Å². The summed E-state index contributed by atoms with van der Waals surface area (Å²) in [6.45, 7) is 0. The lowest BCUT2D eigenvalue weighted by Crippen LogP contribution is -2.14. The standard InChI is InChI=1S/C18H14N2O4S2.ClH/c21-20(22)16-12-7-13-17(18(16)25-15-10-5-2-6-11-15)26(23,24)19-14-8-3-1-4-9-14;/h1-13,19H;1H. The maximum Gasteiger partial charge on any atom is 0.284 e. The Hall–Kier alpha value is -2.55. The Labute approximate surface area is 167 Å². The van der Waals surface area contributed by atoms with Gasteiger partial charge in [0.15, 0.2) is 0 Å². The van der Waals surface area contributed by atoms with Crippen LogP contribution in [0.25, 0.3) is 0 Å². The van der Waals surface area contributed by atoms with Crippen LogP contribution in [0.15, 0.2) is 93.5 Å². The van der Waals surface area contributed by atoms with Gasteiger partial charge >= 0.3 is 0 Å². The zero-order valence-corrected chi connectivity index (χ0v) is 16.3. The zero-order valence-electron chi connectivity index (χ0n) is 13.8. The molecule has 140 valence electrons. The van der Waals surface area contributed by atoms with E-state index >= 15 is 0 Å². The number of nitro benzene ring substituents is 1. The molecule has 0 spiro atoms. The van der Waals surface area contributed by atoms with Gasteiger partial charge in [0.1, 0.15) is 9.79 Å². The lowest BCUT2D eigenvalue weighted by atomic mass is 10.3. The van der Waals surface area contributed by atoms with Crippen LogP contribution in [0.1, 0.15) is 0 Å². The average Bonchev–Trinajstić information content (AvgIpc) is 2.63. The summed E-state index contributed by atoms with van der Waals surface area (Å²) < 4.78 is 28.1. The number of hydrogen-bond donors (Lipinski definition) is 1. The van der Waals surface area contributed by atoms with Gasteiger partial charge in [-0.05, 0) is 30.3 Å². The van der Waals surface area contributed by atoms with Gasteiger partial charge in [-0.1, -0.05) is 54.2 Å². The summed E-state index contributed by atoms with van der Waals surface area (Å²) in [4.78, 5) is 11.5. The summed E-state index contributed by atoms with van der Waals surface area (Å²) in [5.74, 6) is 0. The van der Waals surface area contributed by atoms with Crippen molar-refractivity contribution in [3.8, 4) is 0 Å². The highest BCUT2D eigenvalue weighted by atomic mass is 35.5. The van der Waals surface area contributed by atoms with Gasteiger partial charge in [-0.25, -0.2) is 8.42 Å². The predicted molar refractivity (Wildman–Crippen MR) is 108 cm³/mol. The molecule has 0 heterocycles. The zero-order chi connectivity index (χ0) is 18.6. The van der Waals surface area contributed by atoms with Crippen LogP contribution in [0.5, 0.6) is 0 Å². The summed E-state index contributed by atoms with van der Waals surface area (Å²) in [7, 11) is -4.00. The molecule has 3 aromatic carbocycles. The first-order valence-corrected chi connectivity index (χ1v) is 9.85. The highest BCUT2D eigenvalue weighted by Crippen LogP contribution is 2.39. The second-order valence-corrected chi connectivity index (χ2v) is 7.98. The minimum atomic E-state index is -4.00. The van der Waals surface area contributed by atoms with E-state index in [1.54, 1.807) is 54.6 Å². The third-order valence-corrected chi connectivity index (χ3v) is 6.13. The molecule has 0 amide bonds. The Morgan fingerprint density at radius 3 is 2.04 bits per heavy atom. The number of anilines is 1. The molecule has 3 rings (SSSR count). The molecule has 0 bridgehead atoms. The molecular weight excluding hydrogens is 408 g/mol. The van der Waals surface area contributed by atoms with E-state index in [1.807, 2.05) is 6.07 Å². The Bertz CT molecular complexity index is 1030. The van der Waals surface area contributed by atoms with Crippen LogP contribution in [0.2, 0.25) is 0 Å². The highest BCUT2D eigenvalue weighted by molar-refractivity contribution is 8.00. The quantitative estimate of drug-likeness (QED) is 0.447. The number of nitro groups is 1. The molecule has 0 aliphatic carbocycles. The van der Waals surface area contributed by atoms with E-state index in [4.69, 9.17) is 0 Å². The highest BCUT2D eigenvalue weighted by Gasteiger charge is 2.26. The third-order valence-electron chi connectivity index (χ3n) is 3.43. The van der Waals surface area contributed by atoms with Crippen LogP contribution in [0, 0.1) is 10.1 Å². The third kappa shape index (κ3) is 5.00. The molecule has 9 heteroatoms. The molecule has 0 saturated carbocycles. The number of halogens is 1. The van der Waals surface area contributed by atoms with Crippen LogP contribution < -0.4 is 4.72 Å². The molecule has 0 unspecified atom stereocenters. The van der Waals surface area contributed by atoms with Gasteiger partial charge in [-0.2, -0.15) is 0 Å². The summed E-state index contributed by atoms with van der Waals surface area (Å²) >= 11 is 1.05. The number of sulfonamides is 1. The second kappa shape index (κ2) is 8.90. The SMILES string of the molecule is Cl.O=[N+]([O-])c1cccc(S(=O)(=O)Nc2ccccc2)c1Sc1ccccc1. The van der Waals surface area contributed by atoms with Crippen molar-refractivity contribution < 1.29 is 13.3 Å². The first-order chi connectivity index (χ1) is 12.5. The molecule has 27 heavy (non-hydrogen) atoms. The van der Waals surface area contributed by atoms with Crippen molar-refractivity contribution in [2.24, 2.45) is 0 Å². The Balaban J connectivity index is 0.00000261. The van der Waals surface area contributed by atoms with Gasteiger partial charge in [-0.3, -0.25) is 14.8 Å². The normalized spacial score (nSPS) is 10.7. The predicted octanol–water partition coefficient (Wildman–Crippen LogP) is 4.97. The minimum Gasteiger partial charge on any atom is -0.280 e. The summed E-state index contributed by atoms with van der Waals surface area (Å²) in [5.41, 5.74) is 0.129. The molecule has 0 atom stereocenters. The lowest BCUT2D eigenvalue weighted by molar-refractivity contribution is -0.388. The number of hydrogen-bond acceptors (Lipinski definition) is 5. The molecule has 0 aliphatic rings. The molecule has 0 radical (unpaired) electrons. The Kier molecular flexibility index (Phi) is 6.84. The number of nitrogens with zero attached hydrogens (tertiary/aromatic N) is 1. The van der Waals surface area contributed by atoms with Crippen LogP contribution in [0.3, 0.4) is 0 Å². The molecule has 0 saturated heterocycles. The fraction of sp³-hybridized carbons (Fsp3) is 0. The Morgan fingerprint density at radius 1 is 0.852 bits per heavy atom. The second-order valence-electron chi connectivity index (χ2n) is 5.25. The fourth-order valence-corrected chi connectivity index (χ4v) is 4.85. The molecule has 1 N–H and O–H groups in total.